The molecular formula is C13H23N3O. The number of aromatic nitrogens is 1. The summed E-state index contributed by atoms with van der Waals surface area (Å²) in [5, 5.41) is 3.27. The maximum Gasteiger partial charge on any atom is 0.238 e. The van der Waals surface area contributed by atoms with Gasteiger partial charge in [0.2, 0.25) is 5.88 Å². The van der Waals surface area contributed by atoms with Crippen molar-refractivity contribution in [3.05, 3.63) is 12.1 Å². The zero-order valence-electron chi connectivity index (χ0n) is 11.0. The normalized spacial score (nSPS) is 10.6. The number of hydrogen-bond donors (Lipinski definition) is 2. The molecule has 0 fully saturated rings. The Morgan fingerprint density at radius 1 is 1.35 bits per heavy atom. The number of ether oxygens (including phenoxy) is 1. The van der Waals surface area contributed by atoms with Crippen LogP contribution in [-0.4, -0.2) is 18.6 Å². The minimum atomic E-state index is 0.484. The minimum Gasteiger partial charge on any atom is -0.479 e. The highest BCUT2D eigenvalue weighted by Gasteiger charge is 2.02. The zero-order valence-corrected chi connectivity index (χ0v) is 11.0. The molecule has 1 aromatic heterocycles. The fourth-order valence-electron chi connectivity index (χ4n) is 1.61. The van der Waals surface area contributed by atoms with Gasteiger partial charge in [0.1, 0.15) is 5.82 Å². The Morgan fingerprint density at radius 3 is 2.76 bits per heavy atom. The molecule has 0 amide bonds. The second kappa shape index (κ2) is 6.99. The van der Waals surface area contributed by atoms with Gasteiger partial charge in [-0.3, -0.25) is 0 Å². The third-order valence-electron chi connectivity index (χ3n) is 2.60. The van der Waals surface area contributed by atoms with Gasteiger partial charge in [-0.25, -0.2) is 0 Å². The van der Waals surface area contributed by atoms with E-state index in [1.807, 2.05) is 12.1 Å². The number of pyridine rings is 1. The van der Waals surface area contributed by atoms with Crippen molar-refractivity contribution in [3.8, 4) is 5.88 Å². The Balaban J connectivity index is 2.32. The molecule has 0 saturated carbocycles. The third-order valence-corrected chi connectivity index (χ3v) is 2.60. The molecule has 0 spiro atoms. The summed E-state index contributed by atoms with van der Waals surface area (Å²) in [6.45, 7) is 5.44. The molecule has 0 aliphatic heterocycles. The Morgan fingerprint density at radius 2 is 2.12 bits per heavy atom. The molecule has 1 aromatic rings. The molecule has 1 heterocycles. The van der Waals surface area contributed by atoms with E-state index in [2.05, 4.69) is 24.1 Å². The Kier molecular flexibility index (Phi) is 5.60. The van der Waals surface area contributed by atoms with Crippen LogP contribution in [0, 0.1) is 5.92 Å². The Hall–Kier alpha value is -1.45. The lowest BCUT2D eigenvalue weighted by Crippen LogP contribution is -2.05. The standard InChI is InChI=1S/C13H23N3O/c1-10(2)6-4-5-9-15-12-8-7-11(14)13(16-12)17-3/h7-8,10H,4-6,9,14H2,1-3H3,(H,15,16). The molecule has 1 rings (SSSR count). The molecule has 4 nitrogen and oxygen atoms in total. The van der Waals surface area contributed by atoms with Crippen LogP contribution in [0.15, 0.2) is 12.1 Å². The van der Waals surface area contributed by atoms with E-state index in [-0.39, 0.29) is 0 Å². The van der Waals surface area contributed by atoms with Crippen LogP contribution < -0.4 is 15.8 Å². The van der Waals surface area contributed by atoms with E-state index in [4.69, 9.17) is 10.5 Å². The van der Waals surface area contributed by atoms with Crippen molar-refractivity contribution in [2.45, 2.75) is 33.1 Å². The van der Waals surface area contributed by atoms with Crippen LogP contribution in [0.3, 0.4) is 0 Å². The molecule has 0 aromatic carbocycles. The highest BCUT2D eigenvalue weighted by molar-refractivity contribution is 5.53. The number of nitrogen functional groups attached to an aromatic ring is 1. The number of nitrogens with two attached hydrogens (primary N) is 1. The average Bonchev–Trinajstić information content (AvgIpc) is 2.30. The molecule has 0 bridgehead atoms. The van der Waals surface area contributed by atoms with E-state index >= 15 is 0 Å². The number of nitrogens with zero attached hydrogens (tertiary/aromatic N) is 1. The van der Waals surface area contributed by atoms with Crippen molar-refractivity contribution in [1.82, 2.24) is 4.98 Å². The second-order valence-electron chi connectivity index (χ2n) is 4.61. The first-order chi connectivity index (χ1) is 8.13. The van der Waals surface area contributed by atoms with Gasteiger partial charge in [-0.1, -0.05) is 26.7 Å². The van der Waals surface area contributed by atoms with Crippen LogP contribution >= 0.6 is 0 Å². The molecule has 0 aliphatic rings. The van der Waals surface area contributed by atoms with Gasteiger partial charge in [-0.15, -0.1) is 0 Å². The second-order valence-corrected chi connectivity index (χ2v) is 4.61. The minimum absolute atomic E-state index is 0.484. The molecule has 0 saturated heterocycles. The molecule has 3 N–H and O–H groups in total. The summed E-state index contributed by atoms with van der Waals surface area (Å²) in [4.78, 5) is 4.27. The quantitative estimate of drug-likeness (QED) is 0.716. The van der Waals surface area contributed by atoms with Crippen molar-refractivity contribution in [2.24, 2.45) is 5.92 Å². The Bertz CT molecular complexity index is 339. The third kappa shape index (κ3) is 4.93. The first-order valence-electron chi connectivity index (χ1n) is 6.18. The predicted octanol–water partition coefficient (Wildman–Crippen LogP) is 2.91. The molecule has 0 radical (unpaired) electrons. The maximum atomic E-state index is 5.69. The molecule has 96 valence electrons. The van der Waals surface area contributed by atoms with Crippen molar-refractivity contribution < 1.29 is 4.74 Å². The van der Waals surface area contributed by atoms with Crippen molar-refractivity contribution in [3.63, 3.8) is 0 Å². The monoisotopic (exact) mass is 237 g/mol. The SMILES string of the molecule is COc1nc(NCCCCC(C)C)ccc1N. The predicted molar refractivity (Wildman–Crippen MR) is 72.4 cm³/mol. The summed E-state index contributed by atoms with van der Waals surface area (Å²) in [5.41, 5.74) is 6.26. The first-order valence-corrected chi connectivity index (χ1v) is 6.18. The van der Waals surface area contributed by atoms with Gasteiger partial charge < -0.3 is 15.8 Å². The fraction of sp³-hybridized carbons (Fsp3) is 0.615. The summed E-state index contributed by atoms with van der Waals surface area (Å²) in [7, 11) is 1.57. The Labute approximate surface area is 104 Å². The van der Waals surface area contributed by atoms with Gasteiger partial charge in [-0.05, 0) is 24.5 Å². The summed E-state index contributed by atoms with van der Waals surface area (Å²) >= 11 is 0. The molecule has 0 aliphatic carbocycles. The lowest BCUT2D eigenvalue weighted by molar-refractivity contribution is 0.401. The van der Waals surface area contributed by atoms with Crippen LogP contribution in [-0.2, 0) is 0 Å². The van der Waals surface area contributed by atoms with Crippen LogP contribution in [0.5, 0.6) is 5.88 Å². The van der Waals surface area contributed by atoms with Crippen molar-refractivity contribution in [1.29, 1.82) is 0 Å². The lowest BCUT2D eigenvalue weighted by atomic mass is 10.1. The van der Waals surface area contributed by atoms with Gasteiger partial charge in [-0.2, -0.15) is 4.98 Å². The van der Waals surface area contributed by atoms with Crippen LogP contribution in [0.4, 0.5) is 11.5 Å². The summed E-state index contributed by atoms with van der Waals surface area (Å²) in [6, 6.07) is 3.68. The largest absolute Gasteiger partial charge is 0.479 e. The highest BCUT2D eigenvalue weighted by atomic mass is 16.5. The van der Waals surface area contributed by atoms with E-state index in [0.717, 1.165) is 24.7 Å². The lowest BCUT2D eigenvalue weighted by Gasteiger charge is -2.09. The van der Waals surface area contributed by atoms with Crippen LogP contribution in [0.1, 0.15) is 33.1 Å². The van der Waals surface area contributed by atoms with E-state index in [9.17, 15) is 0 Å². The maximum absolute atomic E-state index is 5.69. The van der Waals surface area contributed by atoms with Gasteiger partial charge >= 0.3 is 0 Å². The van der Waals surface area contributed by atoms with E-state index in [0.29, 0.717) is 11.6 Å². The number of nitrogens with one attached hydrogen (secondary N) is 1. The topological polar surface area (TPSA) is 60.2 Å². The van der Waals surface area contributed by atoms with Gasteiger partial charge in [0.15, 0.2) is 0 Å². The first kappa shape index (κ1) is 13.6. The smallest absolute Gasteiger partial charge is 0.238 e. The number of rotatable bonds is 7. The number of hydrogen-bond acceptors (Lipinski definition) is 4. The number of anilines is 2. The highest BCUT2D eigenvalue weighted by Crippen LogP contribution is 2.20. The van der Waals surface area contributed by atoms with E-state index < -0.39 is 0 Å². The average molecular weight is 237 g/mol. The molecule has 4 heteroatoms. The summed E-state index contributed by atoms with van der Waals surface area (Å²) < 4.78 is 5.07. The van der Waals surface area contributed by atoms with Crippen molar-refractivity contribution >= 4 is 11.5 Å². The fourth-order valence-corrected chi connectivity index (χ4v) is 1.61. The van der Waals surface area contributed by atoms with Gasteiger partial charge in [0.05, 0.1) is 12.8 Å². The summed E-state index contributed by atoms with van der Waals surface area (Å²) in [5.74, 6) is 2.09. The molecule has 0 atom stereocenters. The van der Waals surface area contributed by atoms with Crippen LogP contribution in [0.2, 0.25) is 0 Å². The van der Waals surface area contributed by atoms with E-state index in [1.165, 1.54) is 12.8 Å². The molecule has 0 unspecified atom stereocenters. The van der Waals surface area contributed by atoms with Crippen LogP contribution in [0.25, 0.3) is 0 Å². The van der Waals surface area contributed by atoms with Gasteiger partial charge in [0.25, 0.3) is 0 Å². The molecular weight excluding hydrogens is 214 g/mol. The van der Waals surface area contributed by atoms with E-state index in [1.54, 1.807) is 7.11 Å². The number of unbranched alkanes of at least 4 members (excludes halogenated alkanes) is 1. The molecule has 17 heavy (non-hydrogen) atoms. The summed E-state index contributed by atoms with van der Waals surface area (Å²) in [6.07, 6.45) is 3.68. The van der Waals surface area contributed by atoms with Gasteiger partial charge in [0, 0.05) is 6.54 Å². The number of methoxy groups -OCH3 is 1. The van der Waals surface area contributed by atoms with Crippen molar-refractivity contribution in [2.75, 3.05) is 24.7 Å². The zero-order chi connectivity index (χ0) is 12.7.